The summed E-state index contributed by atoms with van der Waals surface area (Å²) in [5.74, 6) is -0.449. The summed E-state index contributed by atoms with van der Waals surface area (Å²) in [4.78, 5) is 34.8. The molecule has 0 atom stereocenters. The van der Waals surface area contributed by atoms with E-state index < -0.39 is 11.7 Å². The number of amides is 2. The van der Waals surface area contributed by atoms with Gasteiger partial charge in [-0.25, -0.2) is 9.97 Å². The molecule has 28 heavy (non-hydrogen) atoms. The predicted octanol–water partition coefficient (Wildman–Crippen LogP) is 2.46. The van der Waals surface area contributed by atoms with Gasteiger partial charge in [-0.2, -0.15) is 13.2 Å². The molecule has 1 aliphatic heterocycles. The maximum Gasteiger partial charge on any atom is 0.418 e. The van der Waals surface area contributed by atoms with Gasteiger partial charge in [-0.3, -0.25) is 9.59 Å². The number of carbonyl (C=O) groups is 2. The summed E-state index contributed by atoms with van der Waals surface area (Å²) >= 11 is 0. The summed E-state index contributed by atoms with van der Waals surface area (Å²) in [6.45, 7) is 3.19. The van der Waals surface area contributed by atoms with Crippen molar-refractivity contribution < 1.29 is 22.8 Å². The van der Waals surface area contributed by atoms with Crippen molar-refractivity contribution in [2.75, 3.05) is 31.5 Å². The molecule has 0 aliphatic carbocycles. The third kappa shape index (κ3) is 4.38. The zero-order valence-corrected chi connectivity index (χ0v) is 15.0. The molecule has 0 unspecified atom stereocenters. The number of aromatic nitrogens is 2. The number of nitrogens with one attached hydrogen (secondary N) is 1. The van der Waals surface area contributed by atoms with Crippen LogP contribution in [0.15, 0.2) is 30.3 Å². The van der Waals surface area contributed by atoms with Gasteiger partial charge >= 0.3 is 6.18 Å². The number of halogens is 3. The van der Waals surface area contributed by atoms with E-state index in [-0.39, 0.29) is 23.2 Å². The van der Waals surface area contributed by atoms with Gasteiger partial charge < -0.3 is 15.1 Å². The fraction of sp³-hybridized carbons (Fsp3) is 0.333. The summed E-state index contributed by atoms with van der Waals surface area (Å²) in [6.07, 6.45) is -3.80. The normalized spacial score (nSPS) is 14.7. The second-order valence-corrected chi connectivity index (χ2v) is 6.32. The summed E-state index contributed by atoms with van der Waals surface area (Å²) in [5, 5.41) is 2.57. The van der Waals surface area contributed by atoms with Crippen LogP contribution in [-0.2, 0) is 11.0 Å². The lowest BCUT2D eigenvalue weighted by atomic mass is 10.1. The van der Waals surface area contributed by atoms with E-state index in [0.29, 0.717) is 31.9 Å². The summed E-state index contributed by atoms with van der Waals surface area (Å²) in [6, 6.07) is 6.46. The van der Waals surface area contributed by atoms with Crippen LogP contribution in [0.1, 0.15) is 21.7 Å². The maximum atomic E-state index is 13.2. The van der Waals surface area contributed by atoms with E-state index >= 15 is 0 Å². The zero-order chi connectivity index (χ0) is 20.3. The zero-order valence-electron chi connectivity index (χ0n) is 15.0. The lowest BCUT2D eigenvalue weighted by Crippen LogP contribution is -2.48. The molecule has 1 aliphatic rings. The van der Waals surface area contributed by atoms with Crippen LogP contribution in [-0.4, -0.2) is 58.3 Å². The molecular weight excluding hydrogens is 375 g/mol. The van der Waals surface area contributed by atoms with Crippen LogP contribution < -0.4 is 5.32 Å². The Bertz CT molecular complexity index is 880. The van der Waals surface area contributed by atoms with Crippen molar-refractivity contribution in [2.24, 2.45) is 0 Å². The number of piperazine rings is 1. The molecule has 2 aromatic rings. The van der Waals surface area contributed by atoms with Crippen LogP contribution in [0.2, 0.25) is 0 Å². The lowest BCUT2D eigenvalue weighted by Gasteiger charge is -2.32. The van der Waals surface area contributed by atoms with Gasteiger partial charge in [0, 0.05) is 31.9 Å². The summed E-state index contributed by atoms with van der Waals surface area (Å²) < 4.78 is 39.5. The monoisotopic (exact) mass is 393 g/mol. The minimum absolute atomic E-state index is 0.0824. The van der Waals surface area contributed by atoms with Gasteiger partial charge in [0.05, 0.1) is 11.3 Å². The van der Waals surface area contributed by atoms with E-state index in [1.54, 1.807) is 16.7 Å². The fourth-order valence-corrected chi connectivity index (χ4v) is 2.89. The van der Waals surface area contributed by atoms with Crippen molar-refractivity contribution in [1.82, 2.24) is 19.8 Å². The Hall–Kier alpha value is -3.17. The smallest absolute Gasteiger partial charge is 0.342 e. The number of aryl methyl sites for hydroxylation is 1. The molecule has 1 fully saturated rings. The van der Waals surface area contributed by atoms with Crippen LogP contribution >= 0.6 is 0 Å². The average molecular weight is 393 g/mol. The Balaban J connectivity index is 1.83. The van der Waals surface area contributed by atoms with Gasteiger partial charge in [-0.15, -0.1) is 0 Å². The van der Waals surface area contributed by atoms with Crippen LogP contribution in [0, 0.1) is 6.92 Å². The molecule has 1 N–H and O–H groups in total. The van der Waals surface area contributed by atoms with E-state index in [4.69, 9.17) is 0 Å². The summed E-state index contributed by atoms with van der Waals surface area (Å²) in [7, 11) is 0. The Morgan fingerprint density at radius 3 is 2.46 bits per heavy atom. The quantitative estimate of drug-likeness (QED) is 0.808. The third-order valence-corrected chi connectivity index (χ3v) is 4.30. The van der Waals surface area contributed by atoms with Crippen molar-refractivity contribution in [2.45, 2.75) is 13.1 Å². The standard InChI is InChI=1S/C18H18F3N5O2/c1-12-10-15(16(28)26-8-6-25(11-27)7-9-26)24-17(22-12)23-14-5-3-2-4-13(14)18(19,20)21/h2-5,10-11H,6-9H2,1H3,(H,22,23,24). The maximum absolute atomic E-state index is 13.2. The second kappa shape index (κ2) is 7.83. The van der Waals surface area contributed by atoms with Crippen molar-refractivity contribution >= 4 is 24.0 Å². The van der Waals surface area contributed by atoms with Crippen molar-refractivity contribution in [3.05, 3.63) is 47.3 Å². The molecule has 0 spiro atoms. The molecule has 2 heterocycles. The molecule has 10 heteroatoms. The van der Waals surface area contributed by atoms with Gasteiger partial charge in [0.15, 0.2) is 0 Å². The first-order chi connectivity index (χ1) is 13.3. The Morgan fingerprint density at radius 2 is 1.82 bits per heavy atom. The number of carbonyl (C=O) groups excluding carboxylic acids is 2. The van der Waals surface area contributed by atoms with E-state index in [1.165, 1.54) is 24.3 Å². The molecule has 3 rings (SSSR count). The molecule has 7 nitrogen and oxygen atoms in total. The molecule has 0 radical (unpaired) electrons. The van der Waals surface area contributed by atoms with Gasteiger partial charge in [-0.05, 0) is 25.1 Å². The highest BCUT2D eigenvalue weighted by Crippen LogP contribution is 2.35. The van der Waals surface area contributed by atoms with Crippen LogP contribution in [0.25, 0.3) is 0 Å². The van der Waals surface area contributed by atoms with Crippen molar-refractivity contribution in [1.29, 1.82) is 0 Å². The predicted molar refractivity (Wildman–Crippen MR) is 95.0 cm³/mol. The lowest BCUT2D eigenvalue weighted by molar-refractivity contribution is -0.137. The molecule has 1 aromatic heterocycles. The number of nitrogens with zero attached hydrogens (tertiary/aromatic N) is 4. The van der Waals surface area contributed by atoms with Crippen LogP contribution in [0.5, 0.6) is 0 Å². The molecule has 2 amide bonds. The minimum Gasteiger partial charge on any atom is -0.342 e. The van der Waals surface area contributed by atoms with Crippen LogP contribution in [0.3, 0.4) is 0 Å². The van der Waals surface area contributed by atoms with Gasteiger partial charge in [0.2, 0.25) is 12.4 Å². The van der Waals surface area contributed by atoms with E-state index in [2.05, 4.69) is 15.3 Å². The minimum atomic E-state index is -4.54. The topological polar surface area (TPSA) is 78.4 Å². The highest BCUT2D eigenvalue weighted by Gasteiger charge is 2.33. The molecule has 148 valence electrons. The SMILES string of the molecule is Cc1cc(C(=O)N2CCN(C=O)CC2)nc(Nc2ccccc2C(F)(F)F)n1. The van der Waals surface area contributed by atoms with Crippen LogP contribution in [0.4, 0.5) is 24.8 Å². The number of anilines is 2. The van der Waals surface area contributed by atoms with Crippen molar-refractivity contribution in [3.63, 3.8) is 0 Å². The Kier molecular flexibility index (Phi) is 5.48. The summed E-state index contributed by atoms with van der Waals surface area (Å²) in [5.41, 5.74) is -0.521. The number of alkyl halides is 3. The van der Waals surface area contributed by atoms with Crippen molar-refractivity contribution in [3.8, 4) is 0 Å². The highest BCUT2D eigenvalue weighted by molar-refractivity contribution is 5.93. The van der Waals surface area contributed by atoms with E-state index in [9.17, 15) is 22.8 Å². The molecule has 1 saturated heterocycles. The van der Waals surface area contributed by atoms with Gasteiger partial charge in [-0.1, -0.05) is 12.1 Å². The molecular formula is C18H18F3N5O2. The molecule has 1 aromatic carbocycles. The first-order valence-corrected chi connectivity index (χ1v) is 8.55. The molecule has 0 saturated carbocycles. The first kappa shape index (κ1) is 19.6. The van der Waals surface area contributed by atoms with E-state index in [1.807, 2.05) is 0 Å². The first-order valence-electron chi connectivity index (χ1n) is 8.55. The van der Waals surface area contributed by atoms with Gasteiger partial charge in [0.25, 0.3) is 5.91 Å². The number of hydrogen-bond acceptors (Lipinski definition) is 5. The third-order valence-electron chi connectivity index (χ3n) is 4.30. The molecule has 0 bridgehead atoms. The largest absolute Gasteiger partial charge is 0.418 e. The Labute approximate surface area is 159 Å². The average Bonchev–Trinajstić information content (AvgIpc) is 2.66. The van der Waals surface area contributed by atoms with E-state index in [0.717, 1.165) is 12.5 Å². The number of para-hydroxylation sites is 1. The van der Waals surface area contributed by atoms with Gasteiger partial charge in [0.1, 0.15) is 5.69 Å². The fourth-order valence-electron chi connectivity index (χ4n) is 2.89. The Morgan fingerprint density at radius 1 is 1.14 bits per heavy atom. The second-order valence-electron chi connectivity index (χ2n) is 6.32. The number of hydrogen-bond donors (Lipinski definition) is 1. The number of rotatable bonds is 4. The highest BCUT2D eigenvalue weighted by atomic mass is 19.4. The number of benzene rings is 1.